The molecule has 5 nitrogen and oxygen atoms in total. The molecule has 1 fully saturated rings. The van der Waals surface area contributed by atoms with Crippen molar-refractivity contribution in [3.63, 3.8) is 0 Å². The number of nitrogens with zero attached hydrogens (tertiary/aromatic N) is 1. The van der Waals surface area contributed by atoms with Crippen LogP contribution in [-0.4, -0.2) is 17.8 Å². The molecule has 0 atom stereocenters. The number of Topliss-reactive ketones (excluding diaryl/α,β-unsaturated/α-hetero) is 1. The highest BCUT2D eigenvalue weighted by molar-refractivity contribution is 6.14. The van der Waals surface area contributed by atoms with Crippen LogP contribution in [0.5, 0.6) is 5.75 Å². The van der Waals surface area contributed by atoms with Crippen LogP contribution in [0.25, 0.3) is 12.2 Å². The Morgan fingerprint density at radius 1 is 1.07 bits per heavy atom. The molecule has 0 bridgehead atoms. The van der Waals surface area contributed by atoms with Gasteiger partial charge in [0.05, 0.1) is 17.6 Å². The first-order valence-corrected chi connectivity index (χ1v) is 8.52. The molecular weight excluding hydrogens is 349 g/mol. The number of hydrogen-bond acceptors (Lipinski definition) is 4. The first-order chi connectivity index (χ1) is 13.0. The van der Waals surface area contributed by atoms with Gasteiger partial charge in [0.1, 0.15) is 11.6 Å². The van der Waals surface area contributed by atoms with Gasteiger partial charge in [-0.05, 0) is 49.6 Å². The lowest BCUT2D eigenvalue weighted by molar-refractivity contribution is -0.385. The number of allylic oxidation sites excluding steroid dienone is 2. The first kappa shape index (κ1) is 18.5. The quantitative estimate of drug-likeness (QED) is 0.435. The lowest BCUT2D eigenvalue weighted by Crippen LogP contribution is -2.12. The molecule has 2 aromatic carbocycles. The normalized spacial score (nSPS) is 17.3. The van der Waals surface area contributed by atoms with Crippen molar-refractivity contribution < 1.29 is 18.8 Å². The summed E-state index contributed by atoms with van der Waals surface area (Å²) in [5, 5.41) is 11.2. The van der Waals surface area contributed by atoms with Crippen molar-refractivity contribution >= 4 is 23.6 Å². The molecule has 2 aromatic rings. The number of carbonyl (C=O) groups is 1. The number of nitro benzene ring substituents is 1. The number of hydrogen-bond donors (Lipinski definition) is 0. The molecule has 0 aliphatic heterocycles. The number of carbonyl (C=O) groups excluding carboxylic acids is 1. The monoisotopic (exact) mass is 367 g/mol. The summed E-state index contributed by atoms with van der Waals surface area (Å²) in [5.74, 6) is -0.263. The summed E-state index contributed by atoms with van der Waals surface area (Å²) in [5.41, 5.74) is 1.65. The highest BCUT2D eigenvalue weighted by Crippen LogP contribution is 2.30. The van der Waals surface area contributed by atoms with Crippen molar-refractivity contribution in [3.05, 3.63) is 80.7 Å². The summed E-state index contributed by atoms with van der Waals surface area (Å²) in [6, 6.07) is 10.8. The van der Waals surface area contributed by atoms with Crippen LogP contribution in [0.4, 0.5) is 10.1 Å². The number of methoxy groups -OCH3 is 1. The minimum absolute atomic E-state index is 0.0462. The van der Waals surface area contributed by atoms with Crippen molar-refractivity contribution in [2.24, 2.45) is 0 Å². The van der Waals surface area contributed by atoms with Crippen LogP contribution < -0.4 is 4.74 Å². The Morgan fingerprint density at radius 2 is 1.74 bits per heavy atom. The summed E-state index contributed by atoms with van der Waals surface area (Å²) in [7, 11) is 1.46. The highest BCUT2D eigenvalue weighted by atomic mass is 19.1. The van der Waals surface area contributed by atoms with Crippen LogP contribution in [0.3, 0.4) is 0 Å². The number of para-hydroxylation sites is 1. The van der Waals surface area contributed by atoms with E-state index in [0.29, 0.717) is 40.9 Å². The maximum absolute atomic E-state index is 14.2. The van der Waals surface area contributed by atoms with Crippen molar-refractivity contribution in [1.82, 2.24) is 0 Å². The summed E-state index contributed by atoms with van der Waals surface area (Å²) >= 11 is 0. The number of rotatable bonds is 4. The molecule has 1 aliphatic carbocycles. The third kappa shape index (κ3) is 4.11. The Labute approximate surface area is 155 Å². The van der Waals surface area contributed by atoms with Gasteiger partial charge in [0.2, 0.25) is 0 Å². The van der Waals surface area contributed by atoms with E-state index in [-0.39, 0.29) is 11.5 Å². The Kier molecular flexibility index (Phi) is 5.45. The van der Waals surface area contributed by atoms with Crippen LogP contribution in [-0.2, 0) is 4.79 Å². The van der Waals surface area contributed by atoms with E-state index < -0.39 is 10.7 Å². The Bertz CT molecular complexity index is 962. The van der Waals surface area contributed by atoms with Crippen LogP contribution >= 0.6 is 0 Å². The molecule has 0 aromatic heterocycles. The van der Waals surface area contributed by atoms with Crippen molar-refractivity contribution in [3.8, 4) is 5.75 Å². The molecule has 0 heterocycles. The van der Waals surface area contributed by atoms with Gasteiger partial charge in [-0.25, -0.2) is 4.39 Å². The first-order valence-electron chi connectivity index (χ1n) is 8.52. The van der Waals surface area contributed by atoms with Crippen LogP contribution in [0, 0.1) is 15.9 Å². The van der Waals surface area contributed by atoms with E-state index in [9.17, 15) is 19.3 Å². The van der Waals surface area contributed by atoms with E-state index in [2.05, 4.69) is 0 Å². The standard InChI is InChI=1S/C21H18FNO4/c1-27-18-10-9-14(19(22)13-18)11-16-6-4-7-17(21(16)24)12-15-5-2-3-8-20(15)23(25)26/h2-3,5,8-13H,4,6-7H2,1H3/b16-11+,17-12+. The van der Waals surface area contributed by atoms with Crippen molar-refractivity contribution in [2.45, 2.75) is 19.3 Å². The number of nitro groups is 1. The van der Waals surface area contributed by atoms with Gasteiger partial charge in [0.15, 0.2) is 5.78 Å². The van der Waals surface area contributed by atoms with E-state index in [1.54, 1.807) is 42.5 Å². The van der Waals surface area contributed by atoms with E-state index in [4.69, 9.17) is 4.74 Å². The summed E-state index contributed by atoms with van der Waals surface area (Å²) in [4.78, 5) is 23.5. The molecule has 6 heteroatoms. The van der Waals surface area contributed by atoms with Gasteiger partial charge in [-0.2, -0.15) is 0 Å². The fourth-order valence-corrected chi connectivity index (χ4v) is 3.08. The molecule has 138 valence electrons. The molecule has 1 saturated carbocycles. The topological polar surface area (TPSA) is 69.4 Å². The summed E-state index contributed by atoms with van der Waals surface area (Å²) < 4.78 is 19.2. The maximum atomic E-state index is 14.2. The molecule has 0 spiro atoms. The lowest BCUT2D eigenvalue weighted by atomic mass is 9.86. The molecule has 1 aliphatic rings. The van der Waals surface area contributed by atoms with Crippen LogP contribution in [0.1, 0.15) is 30.4 Å². The molecular formula is C21H18FNO4. The SMILES string of the molecule is COc1ccc(/C=C2\CCC/C(=C\c3ccccc3[N+](=O)[O-])C2=O)c(F)c1. The second-order valence-electron chi connectivity index (χ2n) is 6.23. The fraction of sp³-hybridized carbons (Fsp3) is 0.190. The third-order valence-corrected chi connectivity index (χ3v) is 4.48. The molecule has 0 saturated heterocycles. The minimum Gasteiger partial charge on any atom is -0.497 e. The predicted octanol–water partition coefficient (Wildman–Crippen LogP) is 4.96. The molecule has 27 heavy (non-hydrogen) atoms. The fourth-order valence-electron chi connectivity index (χ4n) is 3.08. The van der Waals surface area contributed by atoms with Gasteiger partial charge < -0.3 is 4.74 Å². The van der Waals surface area contributed by atoms with Gasteiger partial charge in [-0.1, -0.05) is 12.1 Å². The largest absolute Gasteiger partial charge is 0.497 e. The van der Waals surface area contributed by atoms with E-state index in [1.165, 1.54) is 19.2 Å². The second kappa shape index (κ2) is 7.95. The van der Waals surface area contributed by atoms with E-state index in [0.717, 1.165) is 6.42 Å². The van der Waals surface area contributed by atoms with Gasteiger partial charge in [-0.15, -0.1) is 0 Å². The number of ketones is 1. The second-order valence-corrected chi connectivity index (χ2v) is 6.23. The number of benzene rings is 2. The van der Waals surface area contributed by atoms with Crippen molar-refractivity contribution in [2.75, 3.05) is 7.11 Å². The highest BCUT2D eigenvalue weighted by Gasteiger charge is 2.22. The van der Waals surface area contributed by atoms with Gasteiger partial charge in [-0.3, -0.25) is 14.9 Å². The van der Waals surface area contributed by atoms with E-state index >= 15 is 0 Å². The zero-order chi connectivity index (χ0) is 19.4. The zero-order valence-electron chi connectivity index (χ0n) is 14.8. The van der Waals surface area contributed by atoms with Crippen LogP contribution in [0.15, 0.2) is 53.6 Å². The summed E-state index contributed by atoms with van der Waals surface area (Å²) in [6.07, 6.45) is 4.91. The average molecular weight is 367 g/mol. The Hall–Kier alpha value is -3.28. The number of ether oxygens (including phenoxy) is 1. The summed E-state index contributed by atoms with van der Waals surface area (Å²) in [6.45, 7) is 0. The smallest absolute Gasteiger partial charge is 0.276 e. The van der Waals surface area contributed by atoms with Gasteiger partial charge in [0.25, 0.3) is 5.69 Å². The average Bonchev–Trinajstić information content (AvgIpc) is 2.66. The molecule has 3 rings (SSSR count). The lowest BCUT2D eigenvalue weighted by Gasteiger charge is -2.17. The molecule has 0 radical (unpaired) electrons. The van der Waals surface area contributed by atoms with E-state index in [1.807, 2.05) is 0 Å². The van der Waals surface area contributed by atoms with Gasteiger partial charge in [0, 0.05) is 28.8 Å². The molecule has 0 unspecified atom stereocenters. The van der Waals surface area contributed by atoms with Gasteiger partial charge >= 0.3 is 0 Å². The third-order valence-electron chi connectivity index (χ3n) is 4.48. The maximum Gasteiger partial charge on any atom is 0.276 e. The number of halogens is 1. The minimum atomic E-state index is -0.469. The zero-order valence-corrected chi connectivity index (χ0v) is 14.8. The van der Waals surface area contributed by atoms with Crippen molar-refractivity contribution in [1.29, 1.82) is 0 Å². The Morgan fingerprint density at radius 3 is 2.37 bits per heavy atom. The predicted molar refractivity (Wildman–Crippen MR) is 101 cm³/mol. The molecule has 0 amide bonds. The Balaban J connectivity index is 1.94. The molecule has 0 N–H and O–H groups in total. The van der Waals surface area contributed by atoms with Crippen LogP contribution in [0.2, 0.25) is 0 Å².